The summed E-state index contributed by atoms with van der Waals surface area (Å²) in [6.07, 6.45) is -0.128. The lowest BCUT2D eigenvalue weighted by atomic mass is 10.0. The van der Waals surface area contributed by atoms with Crippen LogP contribution in [0.2, 0.25) is 0 Å². The molecule has 2 aromatic carbocycles. The third-order valence-electron chi connectivity index (χ3n) is 3.93. The van der Waals surface area contributed by atoms with E-state index in [1.165, 1.54) is 39.3 Å². The minimum Gasteiger partial charge on any atom is -0.496 e. The van der Waals surface area contributed by atoms with Gasteiger partial charge in [-0.05, 0) is 36.2 Å². The summed E-state index contributed by atoms with van der Waals surface area (Å²) >= 11 is 0. The van der Waals surface area contributed by atoms with Crippen LogP contribution in [-0.4, -0.2) is 31.2 Å². The Morgan fingerprint density at radius 1 is 1.15 bits per heavy atom. The first-order chi connectivity index (χ1) is 12.4. The number of aryl methyl sites for hydroxylation is 1. The van der Waals surface area contributed by atoms with Gasteiger partial charge in [-0.15, -0.1) is 0 Å². The monoisotopic (exact) mass is 361 g/mol. The maximum atomic E-state index is 13.4. The largest absolute Gasteiger partial charge is 0.496 e. The minimum atomic E-state index is -1.29. The summed E-state index contributed by atoms with van der Waals surface area (Å²) in [5, 5.41) is 11.9. The molecule has 0 fully saturated rings. The highest BCUT2D eigenvalue weighted by Crippen LogP contribution is 2.29. The zero-order chi connectivity index (χ0) is 19.3. The van der Waals surface area contributed by atoms with Crippen LogP contribution in [0.5, 0.6) is 11.5 Å². The van der Waals surface area contributed by atoms with E-state index >= 15 is 0 Å². The van der Waals surface area contributed by atoms with Gasteiger partial charge in [-0.3, -0.25) is 4.79 Å². The number of methoxy groups -OCH3 is 2. The van der Waals surface area contributed by atoms with Crippen molar-refractivity contribution < 1.29 is 28.6 Å². The Balaban J connectivity index is 2.24. The summed E-state index contributed by atoms with van der Waals surface area (Å²) in [6, 6.07) is 7.72. The number of carboxylic acids is 1. The first-order valence-corrected chi connectivity index (χ1v) is 7.85. The van der Waals surface area contributed by atoms with Gasteiger partial charge in [-0.2, -0.15) is 0 Å². The third kappa shape index (κ3) is 4.30. The minimum absolute atomic E-state index is 0.128. The highest BCUT2D eigenvalue weighted by molar-refractivity contribution is 5.86. The molecule has 138 valence electrons. The SMILES string of the molecule is COc1cccc(OC)c1CC(=O)NC(C(=O)O)c1ccc(F)c(C)c1. The van der Waals surface area contributed by atoms with Crippen LogP contribution in [0.3, 0.4) is 0 Å². The Morgan fingerprint density at radius 3 is 2.27 bits per heavy atom. The molecule has 0 radical (unpaired) electrons. The number of benzene rings is 2. The van der Waals surface area contributed by atoms with E-state index in [0.29, 0.717) is 22.6 Å². The maximum Gasteiger partial charge on any atom is 0.330 e. The van der Waals surface area contributed by atoms with Crippen molar-refractivity contribution in [2.45, 2.75) is 19.4 Å². The van der Waals surface area contributed by atoms with Crippen LogP contribution in [-0.2, 0) is 16.0 Å². The molecule has 2 N–H and O–H groups in total. The smallest absolute Gasteiger partial charge is 0.330 e. The molecule has 0 aliphatic rings. The fourth-order valence-corrected chi connectivity index (χ4v) is 2.61. The van der Waals surface area contributed by atoms with Gasteiger partial charge in [0.1, 0.15) is 17.3 Å². The molecule has 0 aromatic heterocycles. The Morgan fingerprint density at radius 2 is 1.77 bits per heavy atom. The van der Waals surface area contributed by atoms with Crippen LogP contribution >= 0.6 is 0 Å². The van der Waals surface area contributed by atoms with Crippen molar-refractivity contribution in [3.05, 3.63) is 58.9 Å². The fourth-order valence-electron chi connectivity index (χ4n) is 2.61. The number of hydrogen-bond acceptors (Lipinski definition) is 4. The van der Waals surface area contributed by atoms with Crippen LogP contribution in [0.1, 0.15) is 22.7 Å². The number of amides is 1. The number of halogens is 1. The van der Waals surface area contributed by atoms with Crippen molar-refractivity contribution in [3.8, 4) is 11.5 Å². The molecule has 0 saturated carbocycles. The molecule has 2 aromatic rings. The molecule has 1 atom stereocenters. The predicted octanol–water partition coefficient (Wildman–Crippen LogP) is 2.64. The highest BCUT2D eigenvalue weighted by atomic mass is 19.1. The predicted molar refractivity (Wildman–Crippen MR) is 92.9 cm³/mol. The second kappa shape index (κ2) is 8.33. The van der Waals surface area contributed by atoms with E-state index in [1.54, 1.807) is 18.2 Å². The van der Waals surface area contributed by atoms with E-state index < -0.39 is 23.7 Å². The summed E-state index contributed by atoms with van der Waals surface area (Å²) in [5.41, 5.74) is 1.10. The van der Waals surface area contributed by atoms with E-state index in [2.05, 4.69) is 5.32 Å². The zero-order valence-corrected chi connectivity index (χ0v) is 14.7. The van der Waals surface area contributed by atoms with E-state index in [9.17, 15) is 19.1 Å². The molecule has 1 amide bonds. The number of carbonyl (C=O) groups is 2. The molecular formula is C19H20FNO5. The van der Waals surface area contributed by atoms with Crippen LogP contribution < -0.4 is 14.8 Å². The van der Waals surface area contributed by atoms with Crippen molar-refractivity contribution in [1.29, 1.82) is 0 Å². The van der Waals surface area contributed by atoms with Gasteiger partial charge < -0.3 is 19.9 Å². The molecule has 2 rings (SSSR count). The summed E-state index contributed by atoms with van der Waals surface area (Å²) in [5.74, 6) is -1.28. The van der Waals surface area contributed by atoms with Gasteiger partial charge in [0.15, 0.2) is 6.04 Å². The van der Waals surface area contributed by atoms with Crippen molar-refractivity contribution in [3.63, 3.8) is 0 Å². The second-order valence-corrected chi connectivity index (χ2v) is 5.67. The molecule has 0 bridgehead atoms. The molecular weight excluding hydrogens is 341 g/mol. The van der Waals surface area contributed by atoms with Gasteiger partial charge in [0, 0.05) is 5.56 Å². The lowest BCUT2D eigenvalue weighted by Crippen LogP contribution is -2.35. The van der Waals surface area contributed by atoms with Gasteiger partial charge in [-0.25, -0.2) is 9.18 Å². The third-order valence-corrected chi connectivity index (χ3v) is 3.93. The normalized spacial score (nSPS) is 11.5. The number of carbonyl (C=O) groups excluding carboxylic acids is 1. The average molecular weight is 361 g/mol. The van der Waals surface area contributed by atoms with E-state index in [1.807, 2.05) is 0 Å². The van der Waals surface area contributed by atoms with Crippen molar-refractivity contribution in [1.82, 2.24) is 5.32 Å². The summed E-state index contributed by atoms with van der Waals surface area (Å²) in [4.78, 5) is 24.0. The van der Waals surface area contributed by atoms with Gasteiger partial charge in [-0.1, -0.05) is 18.2 Å². The van der Waals surface area contributed by atoms with Crippen LogP contribution in [0.15, 0.2) is 36.4 Å². The number of aliphatic carboxylic acids is 1. The topological polar surface area (TPSA) is 84.9 Å². The molecule has 6 nitrogen and oxygen atoms in total. The molecule has 0 spiro atoms. The van der Waals surface area contributed by atoms with Crippen molar-refractivity contribution in [2.75, 3.05) is 14.2 Å². The number of rotatable bonds is 7. The Labute approximate surface area is 150 Å². The Kier molecular flexibility index (Phi) is 6.16. The molecule has 26 heavy (non-hydrogen) atoms. The molecule has 0 aliphatic heterocycles. The lowest BCUT2D eigenvalue weighted by molar-refractivity contribution is -0.142. The van der Waals surface area contributed by atoms with Gasteiger partial charge in [0.2, 0.25) is 5.91 Å². The number of hydrogen-bond donors (Lipinski definition) is 2. The second-order valence-electron chi connectivity index (χ2n) is 5.67. The van der Waals surface area contributed by atoms with Crippen LogP contribution in [0.4, 0.5) is 4.39 Å². The molecule has 1 unspecified atom stereocenters. The van der Waals surface area contributed by atoms with Crippen LogP contribution in [0.25, 0.3) is 0 Å². The van der Waals surface area contributed by atoms with Gasteiger partial charge in [0.05, 0.1) is 20.6 Å². The van der Waals surface area contributed by atoms with E-state index in [0.717, 1.165) is 0 Å². The first-order valence-electron chi connectivity index (χ1n) is 7.85. The van der Waals surface area contributed by atoms with Gasteiger partial charge in [0.25, 0.3) is 0 Å². The first kappa shape index (κ1) is 19.2. The van der Waals surface area contributed by atoms with Crippen molar-refractivity contribution >= 4 is 11.9 Å². The Hall–Kier alpha value is -3.09. The quantitative estimate of drug-likeness (QED) is 0.792. The van der Waals surface area contributed by atoms with E-state index in [-0.39, 0.29) is 12.0 Å². The summed E-state index contributed by atoms with van der Waals surface area (Å²) in [7, 11) is 2.94. The number of carboxylic acid groups (broad SMARTS) is 1. The average Bonchev–Trinajstić information content (AvgIpc) is 2.62. The number of ether oxygens (including phenoxy) is 2. The standard InChI is InChI=1S/C19H20FNO5/c1-11-9-12(7-8-14(11)20)18(19(23)24)21-17(22)10-13-15(25-2)5-4-6-16(13)26-3/h4-9,18H,10H2,1-3H3,(H,21,22)(H,23,24). The fraction of sp³-hybridized carbons (Fsp3) is 0.263. The Bertz CT molecular complexity index is 799. The van der Waals surface area contributed by atoms with Crippen molar-refractivity contribution in [2.24, 2.45) is 0 Å². The highest BCUT2D eigenvalue weighted by Gasteiger charge is 2.24. The number of nitrogens with one attached hydrogen (secondary N) is 1. The molecule has 7 heteroatoms. The molecule has 0 saturated heterocycles. The van der Waals surface area contributed by atoms with Crippen LogP contribution in [0, 0.1) is 12.7 Å². The molecule has 0 heterocycles. The lowest BCUT2D eigenvalue weighted by Gasteiger charge is -2.17. The zero-order valence-electron chi connectivity index (χ0n) is 14.7. The van der Waals surface area contributed by atoms with E-state index in [4.69, 9.17) is 9.47 Å². The van der Waals surface area contributed by atoms with Gasteiger partial charge >= 0.3 is 5.97 Å². The maximum absolute atomic E-state index is 13.4. The molecule has 0 aliphatic carbocycles. The summed E-state index contributed by atoms with van der Waals surface area (Å²) < 4.78 is 23.9. The summed E-state index contributed by atoms with van der Waals surface area (Å²) in [6.45, 7) is 1.53.